The van der Waals surface area contributed by atoms with Gasteiger partial charge in [-0.2, -0.15) is 0 Å². The third kappa shape index (κ3) is 10.6. The van der Waals surface area contributed by atoms with Crippen molar-refractivity contribution >= 4 is 5.69 Å². The van der Waals surface area contributed by atoms with Crippen molar-refractivity contribution in [2.75, 3.05) is 4.90 Å². The minimum atomic E-state index is 0.837. The highest BCUT2D eigenvalue weighted by atomic mass is 15.1. The van der Waals surface area contributed by atoms with Gasteiger partial charge in [0.05, 0.1) is 0 Å². The molecular weight excluding hydrogens is 506 g/mol. The van der Waals surface area contributed by atoms with Gasteiger partial charge in [-0.1, -0.05) is 142 Å². The molecule has 0 fully saturated rings. The molecule has 1 aromatic carbocycles. The number of allylic oxidation sites excluding steroid dienone is 24. The second-order valence-electron chi connectivity index (χ2n) is 9.18. The van der Waals surface area contributed by atoms with E-state index in [0.29, 0.717) is 0 Å². The molecule has 0 saturated carbocycles. The Bertz CT molecular complexity index is 1420. The molecule has 1 rings (SSSR count). The molecule has 0 saturated heterocycles. The Morgan fingerprint density at radius 2 is 1.31 bits per heavy atom. The number of hydrogen-bond donors (Lipinski definition) is 0. The van der Waals surface area contributed by atoms with Gasteiger partial charge < -0.3 is 4.90 Å². The molecule has 0 unspecified atom stereocenters. The predicted molar refractivity (Wildman–Crippen MR) is 191 cm³/mol. The Morgan fingerprint density at radius 1 is 0.643 bits per heavy atom. The van der Waals surface area contributed by atoms with Crippen LogP contribution >= 0.6 is 0 Å². The quantitative estimate of drug-likeness (QED) is 0.184. The van der Waals surface area contributed by atoms with E-state index in [0.717, 1.165) is 50.5 Å². The molecule has 0 heterocycles. The molecule has 216 valence electrons. The zero-order valence-electron chi connectivity index (χ0n) is 26.2. The molecule has 0 bridgehead atoms. The summed E-state index contributed by atoms with van der Waals surface area (Å²) in [6.07, 6.45) is 33.9. The van der Waals surface area contributed by atoms with Crippen molar-refractivity contribution in [3.63, 3.8) is 0 Å². The smallest absolute Gasteiger partial charge is 0.0458 e. The predicted octanol–water partition coefficient (Wildman–Crippen LogP) is 12.0. The van der Waals surface area contributed by atoms with Crippen molar-refractivity contribution in [3.8, 4) is 0 Å². The van der Waals surface area contributed by atoms with Crippen molar-refractivity contribution in [1.82, 2.24) is 0 Å². The Morgan fingerprint density at radius 3 is 1.86 bits per heavy atom. The van der Waals surface area contributed by atoms with E-state index < -0.39 is 0 Å². The summed E-state index contributed by atoms with van der Waals surface area (Å²) in [6, 6.07) is 10.2. The van der Waals surface area contributed by atoms with Crippen LogP contribution in [0.4, 0.5) is 5.69 Å². The minimum Gasteiger partial charge on any atom is -0.315 e. The fraction of sp³-hybridized carbons (Fsp3) is 0.122. The highest BCUT2D eigenvalue weighted by Gasteiger charge is 2.15. The summed E-state index contributed by atoms with van der Waals surface area (Å²) in [5.74, 6) is 0. The lowest BCUT2D eigenvalue weighted by Gasteiger charge is -2.26. The average molecular weight is 554 g/mol. The number of rotatable bonds is 16. The van der Waals surface area contributed by atoms with Gasteiger partial charge >= 0.3 is 0 Å². The van der Waals surface area contributed by atoms with E-state index in [1.165, 1.54) is 0 Å². The maximum Gasteiger partial charge on any atom is 0.0458 e. The van der Waals surface area contributed by atoms with Crippen LogP contribution in [-0.2, 0) is 0 Å². The van der Waals surface area contributed by atoms with E-state index >= 15 is 0 Å². The molecule has 0 N–H and O–H groups in total. The molecule has 0 aliphatic carbocycles. The molecule has 0 aromatic heterocycles. The number of para-hydroxylation sites is 1. The molecule has 42 heavy (non-hydrogen) atoms. The summed E-state index contributed by atoms with van der Waals surface area (Å²) in [4.78, 5) is 2.14. The van der Waals surface area contributed by atoms with E-state index in [-0.39, 0.29) is 0 Å². The van der Waals surface area contributed by atoms with Gasteiger partial charge in [0.2, 0.25) is 0 Å². The van der Waals surface area contributed by atoms with Crippen LogP contribution in [0, 0.1) is 0 Å². The highest BCUT2D eigenvalue weighted by molar-refractivity contribution is 5.67. The second-order valence-corrected chi connectivity index (χ2v) is 9.18. The number of benzene rings is 1. The fourth-order valence-electron chi connectivity index (χ4n) is 4.39. The van der Waals surface area contributed by atoms with Crippen LogP contribution in [0.2, 0.25) is 0 Å². The first-order valence-electron chi connectivity index (χ1n) is 14.1. The van der Waals surface area contributed by atoms with Gasteiger partial charge in [0.15, 0.2) is 0 Å². The summed E-state index contributed by atoms with van der Waals surface area (Å²) in [5, 5.41) is 0. The van der Waals surface area contributed by atoms with Crippen LogP contribution in [0.25, 0.3) is 0 Å². The Hall–Kier alpha value is -4.88. The van der Waals surface area contributed by atoms with Crippen molar-refractivity contribution in [2.24, 2.45) is 0 Å². The molecule has 0 radical (unpaired) electrons. The zero-order valence-corrected chi connectivity index (χ0v) is 26.2. The Balaban J connectivity index is 3.75. The summed E-state index contributed by atoms with van der Waals surface area (Å²) in [5.41, 5.74) is 9.38. The maximum absolute atomic E-state index is 4.44. The van der Waals surface area contributed by atoms with Gasteiger partial charge in [-0.3, -0.25) is 0 Å². The third-order valence-corrected chi connectivity index (χ3v) is 6.35. The van der Waals surface area contributed by atoms with Crippen molar-refractivity contribution in [2.45, 2.75) is 34.6 Å². The van der Waals surface area contributed by atoms with E-state index in [1.54, 1.807) is 12.2 Å². The molecule has 0 spiro atoms. The zero-order chi connectivity index (χ0) is 31.3. The third-order valence-electron chi connectivity index (χ3n) is 6.35. The maximum atomic E-state index is 4.44. The highest BCUT2D eigenvalue weighted by Crippen LogP contribution is 2.33. The van der Waals surface area contributed by atoms with Crippen LogP contribution < -0.4 is 4.90 Å². The SMILES string of the molecule is C=C/C=C\C=C(/C)N(C(=C)\C=C/C(=C\C)C(=C/C=C)/C(=C\C)C(/C=C\C=C)=C(C)\C(\C=C/C)=C\C=C)c1ccccc1. The summed E-state index contributed by atoms with van der Waals surface area (Å²) in [6.45, 7) is 30.4. The van der Waals surface area contributed by atoms with E-state index in [1.807, 2.05) is 74.6 Å². The first-order chi connectivity index (χ1) is 20.3. The van der Waals surface area contributed by atoms with Gasteiger partial charge in [-0.05, 0) is 92.3 Å². The van der Waals surface area contributed by atoms with Gasteiger partial charge in [0, 0.05) is 17.1 Å². The lowest BCUT2D eigenvalue weighted by atomic mass is 9.86. The summed E-state index contributed by atoms with van der Waals surface area (Å²) < 4.78 is 0. The molecule has 1 nitrogen and oxygen atoms in total. The molecule has 0 amide bonds. The van der Waals surface area contributed by atoms with Crippen LogP contribution in [0.5, 0.6) is 0 Å². The first kappa shape index (κ1) is 35.1. The second kappa shape index (κ2) is 20.1. The Labute approximate surface area is 256 Å². The Kier molecular flexibility index (Phi) is 16.8. The molecule has 1 heteroatoms. The topological polar surface area (TPSA) is 3.24 Å². The van der Waals surface area contributed by atoms with Gasteiger partial charge in [0.1, 0.15) is 0 Å². The molecule has 0 aliphatic heterocycles. The largest absolute Gasteiger partial charge is 0.315 e. The van der Waals surface area contributed by atoms with Gasteiger partial charge in [0.25, 0.3) is 0 Å². The normalized spacial score (nSPS) is 14.5. The number of nitrogens with zero attached hydrogens (tertiary/aromatic N) is 1. The molecule has 1 aromatic rings. The van der Waals surface area contributed by atoms with Gasteiger partial charge in [-0.25, -0.2) is 0 Å². The van der Waals surface area contributed by atoms with Crippen LogP contribution in [-0.4, -0.2) is 0 Å². The summed E-state index contributed by atoms with van der Waals surface area (Å²) >= 11 is 0. The van der Waals surface area contributed by atoms with Crippen molar-refractivity contribution < 1.29 is 0 Å². The minimum absolute atomic E-state index is 0.837. The van der Waals surface area contributed by atoms with E-state index in [2.05, 4.69) is 119 Å². The molecule has 0 aliphatic rings. The number of anilines is 1. The standard InChI is InChI=1S/C41H47N/c1-11-18-21-27-33(8)42(38-28-22-20-23-29-38)34(9)31-32-36(16-6)41(26-15-5)39(17-7)40(30-19-12-2)35(10)37(24-13-3)25-14-4/h11-32H,1-3,5,9H2,4,6-8,10H3/b21-18-,25-14-,30-19-,32-31-,33-27+,36-16+,37-24+,39-17-,40-35-,41-26-. The van der Waals surface area contributed by atoms with Crippen LogP contribution in [0.1, 0.15) is 34.6 Å². The lowest BCUT2D eigenvalue weighted by Crippen LogP contribution is -2.18. The fourth-order valence-corrected chi connectivity index (χ4v) is 4.39. The molecular formula is C41H47N. The van der Waals surface area contributed by atoms with Crippen molar-refractivity contribution in [1.29, 1.82) is 0 Å². The lowest BCUT2D eigenvalue weighted by molar-refractivity contribution is 1.10. The van der Waals surface area contributed by atoms with Crippen LogP contribution in [0.15, 0.2) is 211 Å². The molecule has 0 atom stereocenters. The van der Waals surface area contributed by atoms with E-state index in [4.69, 9.17) is 0 Å². The summed E-state index contributed by atoms with van der Waals surface area (Å²) in [7, 11) is 0. The van der Waals surface area contributed by atoms with Crippen LogP contribution in [0.3, 0.4) is 0 Å². The monoisotopic (exact) mass is 553 g/mol. The number of hydrogen-bond acceptors (Lipinski definition) is 1. The first-order valence-corrected chi connectivity index (χ1v) is 14.1. The van der Waals surface area contributed by atoms with Gasteiger partial charge in [-0.15, -0.1) is 0 Å². The van der Waals surface area contributed by atoms with Crippen molar-refractivity contribution in [3.05, 3.63) is 211 Å². The average Bonchev–Trinajstić information content (AvgIpc) is 2.99. The van der Waals surface area contributed by atoms with E-state index in [9.17, 15) is 0 Å².